The maximum atomic E-state index is 9.11. The molecule has 0 unspecified atom stereocenters. The molecule has 14 heavy (non-hydrogen) atoms. The van der Waals surface area contributed by atoms with Crippen LogP contribution in [0, 0.1) is 11.8 Å². The lowest BCUT2D eigenvalue weighted by atomic mass is 10.2. The maximum Gasteiger partial charge on any atom is 0.117 e. The molecule has 1 rings (SSSR count). The predicted molar refractivity (Wildman–Crippen MR) is 57.9 cm³/mol. The van der Waals surface area contributed by atoms with Crippen LogP contribution in [0.4, 0.5) is 5.69 Å². The highest BCUT2D eigenvalue weighted by atomic mass is 16.3. The Bertz CT molecular complexity index is 363. The topological polar surface area (TPSA) is 58.3 Å². The van der Waals surface area contributed by atoms with Crippen molar-refractivity contribution in [1.29, 1.82) is 0 Å². The molecule has 74 valence electrons. The summed E-state index contributed by atoms with van der Waals surface area (Å²) in [6.45, 7) is 0.866. The predicted octanol–water partition coefficient (Wildman–Crippen LogP) is 0.935. The van der Waals surface area contributed by atoms with Gasteiger partial charge in [0.1, 0.15) is 5.75 Å². The van der Waals surface area contributed by atoms with Crippen molar-refractivity contribution in [2.24, 2.45) is 0 Å². The summed E-state index contributed by atoms with van der Waals surface area (Å²) in [6.07, 6.45) is 0.789. The number of hydrogen-bond donors (Lipinski definition) is 3. The molecule has 3 heteroatoms. The molecular weight excluding hydrogens is 176 g/mol. The second-order valence-electron chi connectivity index (χ2n) is 2.93. The van der Waals surface area contributed by atoms with Gasteiger partial charge in [0.05, 0.1) is 5.69 Å². The standard InChI is InChI=1S/C11H14N2O/c1-13-7-3-2-4-9-5-6-10(14)8-11(9)12/h5-6,8,13-14H,3,7,12H2,1H3. The Hall–Kier alpha value is -1.66. The van der Waals surface area contributed by atoms with Gasteiger partial charge in [-0.2, -0.15) is 0 Å². The summed E-state index contributed by atoms with van der Waals surface area (Å²) in [5.41, 5.74) is 6.94. The van der Waals surface area contributed by atoms with E-state index >= 15 is 0 Å². The molecule has 0 aromatic heterocycles. The lowest BCUT2D eigenvalue weighted by Crippen LogP contribution is -2.05. The average Bonchev–Trinajstić information content (AvgIpc) is 2.15. The van der Waals surface area contributed by atoms with E-state index < -0.39 is 0 Å². The fourth-order valence-electron chi connectivity index (χ4n) is 1.01. The molecule has 4 N–H and O–H groups in total. The average molecular weight is 190 g/mol. The number of aromatic hydroxyl groups is 1. The molecule has 0 aliphatic heterocycles. The highest BCUT2D eigenvalue weighted by molar-refractivity contribution is 5.58. The van der Waals surface area contributed by atoms with Gasteiger partial charge in [0, 0.05) is 24.6 Å². The molecule has 0 radical (unpaired) electrons. The summed E-state index contributed by atoms with van der Waals surface area (Å²) < 4.78 is 0. The lowest BCUT2D eigenvalue weighted by Gasteiger charge is -1.98. The van der Waals surface area contributed by atoms with Crippen LogP contribution in [0.25, 0.3) is 0 Å². The SMILES string of the molecule is CNCCC#Cc1ccc(O)cc1N. The van der Waals surface area contributed by atoms with Gasteiger partial charge in [0.25, 0.3) is 0 Å². The summed E-state index contributed by atoms with van der Waals surface area (Å²) in [5.74, 6) is 6.11. The van der Waals surface area contributed by atoms with E-state index in [2.05, 4.69) is 17.2 Å². The summed E-state index contributed by atoms with van der Waals surface area (Å²) in [5, 5.41) is 12.1. The molecule has 1 aromatic rings. The van der Waals surface area contributed by atoms with E-state index in [4.69, 9.17) is 10.8 Å². The Morgan fingerprint density at radius 3 is 2.93 bits per heavy atom. The number of phenolic OH excluding ortho intramolecular Hbond substituents is 1. The minimum atomic E-state index is 0.170. The number of nitrogen functional groups attached to an aromatic ring is 1. The fourth-order valence-corrected chi connectivity index (χ4v) is 1.01. The van der Waals surface area contributed by atoms with Crippen molar-refractivity contribution in [3.8, 4) is 17.6 Å². The minimum absolute atomic E-state index is 0.170. The zero-order valence-electron chi connectivity index (χ0n) is 8.17. The summed E-state index contributed by atoms with van der Waals surface area (Å²) in [4.78, 5) is 0. The smallest absolute Gasteiger partial charge is 0.117 e. The van der Waals surface area contributed by atoms with E-state index in [1.807, 2.05) is 7.05 Å². The second-order valence-corrected chi connectivity index (χ2v) is 2.93. The third-order valence-electron chi connectivity index (χ3n) is 1.76. The van der Waals surface area contributed by atoms with Gasteiger partial charge < -0.3 is 16.2 Å². The van der Waals surface area contributed by atoms with E-state index in [1.54, 1.807) is 12.1 Å². The highest BCUT2D eigenvalue weighted by Crippen LogP contribution is 2.17. The normalized spacial score (nSPS) is 9.21. The summed E-state index contributed by atoms with van der Waals surface area (Å²) >= 11 is 0. The largest absolute Gasteiger partial charge is 0.508 e. The molecule has 3 nitrogen and oxygen atoms in total. The Morgan fingerprint density at radius 2 is 2.29 bits per heavy atom. The number of nitrogens with two attached hydrogens (primary N) is 1. The molecule has 0 bridgehead atoms. The van der Waals surface area contributed by atoms with Crippen LogP contribution >= 0.6 is 0 Å². The Labute approximate surface area is 83.9 Å². The molecule has 1 aromatic carbocycles. The van der Waals surface area contributed by atoms with E-state index in [9.17, 15) is 0 Å². The van der Waals surface area contributed by atoms with Gasteiger partial charge in [-0.25, -0.2) is 0 Å². The zero-order valence-corrected chi connectivity index (χ0v) is 8.17. The first-order valence-electron chi connectivity index (χ1n) is 4.46. The van der Waals surface area contributed by atoms with Gasteiger partial charge in [-0.1, -0.05) is 11.8 Å². The van der Waals surface area contributed by atoms with E-state index in [-0.39, 0.29) is 5.75 Å². The number of phenols is 1. The van der Waals surface area contributed by atoms with Crippen LogP contribution in [-0.4, -0.2) is 18.7 Å². The number of benzene rings is 1. The third-order valence-corrected chi connectivity index (χ3v) is 1.76. The van der Waals surface area contributed by atoms with Crippen LogP contribution in [-0.2, 0) is 0 Å². The number of hydrogen-bond acceptors (Lipinski definition) is 3. The molecule has 0 saturated carbocycles. The molecule has 0 atom stereocenters. The summed E-state index contributed by atoms with van der Waals surface area (Å²) in [7, 11) is 1.89. The van der Waals surface area contributed by atoms with Crippen molar-refractivity contribution in [1.82, 2.24) is 5.32 Å². The van der Waals surface area contributed by atoms with Crippen LogP contribution in [0.15, 0.2) is 18.2 Å². The first-order valence-corrected chi connectivity index (χ1v) is 4.46. The molecule has 0 aliphatic carbocycles. The van der Waals surface area contributed by atoms with Gasteiger partial charge in [0.15, 0.2) is 0 Å². The van der Waals surface area contributed by atoms with E-state index in [0.29, 0.717) is 5.69 Å². The van der Waals surface area contributed by atoms with E-state index in [0.717, 1.165) is 18.5 Å². The van der Waals surface area contributed by atoms with Crippen molar-refractivity contribution in [3.63, 3.8) is 0 Å². The minimum Gasteiger partial charge on any atom is -0.508 e. The van der Waals surface area contributed by atoms with Gasteiger partial charge in [-0.3, -0.25) is 0 Å². The third kappa shape index (κ3) is 3.00. The van der Waals surface area contributed by atoms with Gasteiger partial charge in [-0.05, 0) is 19.2 Å². The Balaban J connectivity index is 2.70. The van der Waals surface area contributed by atoms with Crippen LogP contribution < -0.4 is 11.1 Å². The monoisotopic (exact) mass is 190 g/mol. The van der Waals surface area contributed by atoms with Crippen molar-refractivity contribution in [2.45, 2.75) is 6.42 Å². The Kier molecular flexibility index (Phi) is 3.84. The first kappa shape index (κ1) is 10.4. The molecule has 0 heterocycles. The fraction of sp³-hybridized carbons (Fsp3) is 0.273. The van der Waals surface area contributed by atoms with E-state index in [1.165, 1.54) is 6.07 Å². The Morgan fingerprint density at radius 1 is 1.50 bits per heavy atom. The van der Waals surface area contributed by atoms with Crippen LogP contribution in [0.1, 0.15) is 12.0 Å². The molecule has 0 saturated heterocycles. The van der Waals surface area contributed by atoms with Crippen LogP contribution in [0.5, 0.6) is 5.75 Å². The van der Waals surface area contributed by atoms with Crippen molar-refractivity contribution >= 4 is 5.69 Å². The van der Waals surface area contributed by atoms with Crippen molar-refractivity contribution in [3.05, 3.63) is 23.8 Å². The lowest BCUT2D eigenvalue weighted by molar-refractivity contribution is 0.475. The van der Waals surface area contributed by atoms with Gasteiger partial charge in [0.2, 0.25) is 0 Å². The quantitative estimate of drug-likeness (QED) is 0.369. The molecule has 0 fully saturated rings. The van der Waals surface area contributed by atoms with Gasteiger partial charge >= 0.3 is 0 Å². The van der Waals surface area contributed by atoms with Crippen LogP contribution in [0.2, 0.25) is 0 Å². The highest BCUT2D eigenvalue weighted by Gasteiger charge is 1.95. The molecular formula is C11H14N2O. The number of anilines is 1. The number of nitrogens with one attached hydrogen (secondary N) is 1. The van der Waals surface area contributed by atoms with Gasteiger partial charge in [-0.15, -0.1) is 0 Å². The second kappa shape index (κ2) is 5.15. The molecule has 0 aliphatic rings. The summed E-state index contributed by atoms with van der Waals surface area (Å²) in [6, 6.07) is 4.80. The number of rotatable bonds is 2. The maximum absolute atomic E-state index is 9.11. The van der Waals surface area contributed by atoms with Crippen molar-refractivity contribution < 1.29 is 5.11 Å². The first-order chi connectivity index (χ1) is 6.74. The molecule has 0 spiro atoms. The zero-order chi connectivity index (χ0) is 10.4. The van der Waals surface area contributed by atoms with Crippen LogP contribution in [0.3, 0.4) is 0 Å². The molecule has 0 amide bonds. The van der Waals surface area contributed by atoms with Crippen molar-refractivity contribution in [2.75, 3.05) is 19.3 Å².